The van der Waals surface area contributed by atoms with Gasteiger partial charge in [-0.3, -0.25) is 14.5 Å². The molecule has 0 bridgehead atoms. The minimum absolute atomic E-state index is 0.0494. The molecular weight excluding hydrogens is 389 g/mol. The van der Waals surface area contributed by atoms with Crippen LogP contribution in [0.3, 0.4) is 0 Å². The Bertz CT molecular complexity index is 1170. The van der Waals surface area contributed by atoms with Gasteiger partial charge < -0.3 is 4.42 Å². The van der Waals surface area contributed by atoms with Crippen LogP contribution >= 0.6 is 23.2 Å². The van der Waals surface area contributed by atoms with Crippen LogP contribution in [0, 0.1) is 13.8 Å². The average molecular weight is 402 g/mol. The minimum atomic E-state index is -0.533. The summed E-state index contributed by atoms with van der Waals surface area (Å²) < 4.78 is 5.35. The Morgan fingerprint density at radius 2 is 1.52 bits per heavy atom. The first-order valence-corrected chi connectivity index (χ1v) is 8.91. The van der Waals surface area contributed by atoms with Crippen LogP contribution in [0.2, 0.25) is 10.0 Å². The smallest absolute Gasteiger partial charge is 0.336 e. The van der Waals surface area contributed by atoms with E-state index >= 15 is 0 Å². The van der Waals surface area contributed by atoms with Gasteiger partial charge in [-0.25, -0.2) is 4.79 Å². The van der Waals surface area contributed by atoms with Gasteiger partial charge in [-0.15, -0.1) is 0 Å². The highest BCUT2D eigenvalue weighted by Crippen LogP contribution is 2.33. The van der Waals surface area contributed by atoms with Gasteiger partial charge in [-0.2, -0.15) is 0 Å². The van der Waals surface area contributed by atoms with Crippen molar-refractivity contribution < 1.29 is 14.0 Å². The van der Waals surface area contributed by atoms with E-state index in [0.29, 0.717) is 16.5 Å². The van der Waals surface area contributed by atoms with Gasteiger partial charge in [0.1, 0.15) is 5.58 Å². The molecule has 27 heavy (non-hydrogen) atoms. The second kappa shape index (κ2) is 6.22. The number of carbonyl (C=O) groups excluding carboxylic acids is 2. The average Bonchev–Trinajstić information content (AvgIpc) is 2.84. The van der Waals surface area contributed by atoms with Gasteiger partial charge in [-0.1, -0.05) is 35.3 Å². The molecule has 1 aliphatic heterocycles. The van der Waals surface area contributed by atoms with E-state index < -0.39 is 17.4 Å². The largest absolute Gasteiger partial charge is 0.422 e. The summed E-state index contributed by atoms with van der Waals surface area (Å²) in [6, 6.07) is 7.82. The SMILES string of the molecule is Cc1ccc2c(CN3C(=O)c4cc(Cl)c(Cl)cc4C3=O)cc(=O)oc2c1C. The van der Waals surface area contributed by atoms with E-state index in [1.807, 2.05) is 26.0 Å². The first-order valence-electron chi connectivity index (χ1n) is 8.16. The van der Waals surface area contributed by atoms with Crippen molar-refractivity contribution in [2.45, 2.75) is 20.4 Å². The second-order valence-corrected chi connectivity index (χ2v) is 7.30. The Balaban J connectivity index is 1.82. The number of benzene rings is 2. The molecule has 0 unspecified atom stereocenters. The Hall–Kier alpha value is -2.63. The summed E-state index contributed by atoms with van der Waals surface area (Å²) in [7, 11) is 0. The lowest BCUT2D eigenvalue weighted by atomic mass is 10.0. The van der Waals surface area contributed by atoms with Crippen molar-refractivity contribution in [3.8, 4) is 0 Å². The van der Waals surface area contributed by atoms with Gasteiger partial charge >= 0.3 is 5.63 Å². The van der Waals surface area contributed by atoms with Crippen LogP contribution < -0.4 is 5.63 Å². The number of carbonyl (C=O) groups is 2. The van der Waals surface area contributed by atoms with Crippen LogP contribution in [-0.4, -0.2) is 16.7 Å². The molecule has 0 N–H and O–H groups in total. The first kappa shape index (κ1) is 17.8. The van der Waals surface area contributed by atoms with Crippen LogP contribution in [0.4, 0.5) is 0 Å². The second-order valence-electron chi connectivity index (χ2n) is 6.48. The number of nitrogens with zero attached hydrogens (tertiary/aromatic N) is 1. The van der Waals surface area contributed by atoms with Gasteiger partial charge in [0, 0.05) is 11.5 Å². The number of halogens is 2. The molecule has 0 aliphatic carbocycles. The van der Waals surface area contributed by atoms with Crippen molar-refractivity contribution in [1.29, 1.82) is 0 Å². The highest BCUT2D eigenvalue weighted by Gasteiger charge is 2.36. The molecule has 1 aliphatic rings. The summed E-state index contributed by atoms with van der Waals surface area (Å²) in [6.45, 7) is 3.72. The topological polar surface area (TPSA) is 67.6 Å². The van der Waals surface area contributed by atoms with E-state index in [2.05, 4.69) is 0 Å². The molecular formula is C20H13Cl2NO4. The van der Waals surface area contributed by atoms with E-state index in [1.54, 1.807) is 0 Å². The quantitative estimate of drug-likeness (QED) is 0.467. The van der Waals surface area contributed by atoms with Crippen molar-refractivity contribution in [2.24, 2.45) is 0 Å². The Labute approximate surface area is 164 Å². The highest BCUT2D eigenvalue weighted by molar-refractivity contribution is 6.43. The molecule has 2 aromatic carbocycles. The molecule has 4 rings (SSSR count). The third-order valence-electron chi connectivity index (χ3n) is 4.86. The molecule has 7 heteroatoms. The predicted octanol–water partition coefficient (Wildman–Crippen LogP) is 4.51. The zero-order chi connectivity index (χ0) is 19.5. The van der Waals surface area contributed by atoms with Crippen molar-refractivity contribution in [1.82, 2.24) is 4.90 Å². The fraction of sp³-hybridized carbons (Fsp3) is 0.150. The van der Waals surface area contributed by atoms with Gasteiger partial charge in [0.2, 0.25) is 0 Å². The van der Waals surface area contributed by atoms with Gasteiger partial charge in [0.05, 0.1) is 27.7 Å². The molecule has 5 nitrogen and oxygen atoms in total. The molecule has 136 valence electrons. The molecule has 2 heterocycles. The molecule has 0 saturated carbocycles. The minimum Gasteiger partial charge on any atom is -0.422 e. The molecule has 0 saturated heterocycles. The maximum atomic E-state index is 12.7. The number of rotatable bonds is 2. The fourth-order valence-electron chi connectivity index (χ4n) is 3.25. The summed E-state index contributed by atoms with van der Waals surface area (Å²) in [5, 5.41) is 1.09. The Kier molecular flexibility index (Phi) is 4.09. The van der Waals surface area contributed by atoms with Gasteiger partial charge in [-0.05, 0) is 42.7 Å². The van der Waals surface area contributed by atoms with E-state index in [4.69, 9.17) is 27.6 Å². The van der Waals surface area contributed by atoms with E-state index in [9.17, 15) is 14.4 Å². The summed E-state index contributed by atoms with van der Waals surface area (Å²) in [4.78, 5) is 38.5. The molecule has 3 aromatic rings. The maximum absolute atomic E-state index is 12.7. The molecule has 0 radical (unpaired) electrons. The lowest BCUT2D eigenvalue weighted by molar-refractivity contribution is 0.0642. The number of fused-ring (bicyclic) bond motifs is 2. The Morgan fingerprint density at radius 1 is 0.926 bits per heavy atom. The number of hydrogen-bond acceptors (Lipinski definition) is 4. The van der Waals surface area contributed by atoms with E-state index in [1.165, 1.54) is 18.2 Å². The third kappa shape index (κ3) is 2.74. The summed E-state index contributed by atoms with van der Waals surface area (Å²) >= 11 is 12.0. The third-order valence-corrected chi connectivity index (χ3v) is 5.58. The maximum Gasteiger partial charge on any atom is 0.336 e. The number of amides is 2. The normalized spacial score (nSPS) is 13.6. The predicted molar refractivity (Wildman–Crippen MR) is 103 cm³/mol. The first-order chi connectivity index (χ1) is 12.8. The fourth-order valence-corrected chi connectivity index (χ4v) is 3.58. The Morgan fingerprint density at radius 3 is 2.11 bits per heavy atom. The van der Waals surface area contributed by atoms with E-state index in [0.717, 1.165) is 16.0 Å². The van der Waals surface area contributed by atoms with Gasteiger partial charge in [0.15, 0.2) is 0 Å². The summed E-state index contributed by atoms with van der Waals surface area (Å²) in [5.74, 6) is -0.947. The molecule has 0 spiro atoms. The van der Waals surface area contributed by atoms with Crippen LogP contribution in [0.15, 0.2) is 39.5 Å². The van der Waals surface area contributed by atoms with Gasteiger partial charge in [0.25, 0.3) is 11.8 Å². The van der Waals surface area contributed by atoms with Crippen LogP contribution in [0.5, 0.6) is 0 Å². The molecule has 0 fully saturated rings. The molecule has 2 amide bonds. The zero-order valence-electron chi connectivity index (χ0n) is 14.4. The van der Waals surface area contributed by atoms with E-state index in [-0.39, 0.29) is 27.7 Å². The van der Waals surface area contributed by atoms with Crippen molar-refractivity contribution in [2.75, 3.05) is 0 Å². The summed E-state index contributed by atoms with van der Waals surface area (Å²) in [5.41, 5.74) is 2.69. The van der Waals surface area contributed by atoms with Crippen LogP contribution in [0.25, 0.3) is 11.0 Å². The number of hydrogen-bond donors (Lipinski definition) is 0. The molecule has 1 aromatic heterocycles. The van der Waals surface area contributed by atoms with Crippen LogP contribution in [0.1, 0.15) is 37.4 Å². The summed E-state index contributed by atoms with van der Waals surface area (Å²) in [6.07, 6.45) is 0. The van der Waals surface area contributed by atoms with Crippen molar-refractivity contribution in [3.05, 3.63) is 78.6 Å². The lowest BCUT2D eigenvalue weighted by Crippen LogP contribution is -2.29. The monoisotopic (exact) mass is 401 g/mol. The number of aryl methyl sites for hydroxylation is 2. The lowest BCUT2D eigenvalue weighted by Gasteiger charge is -2.15. The standard InChI is InChI=1S/C20H13Cl2NO4/c1-9-3-4-12-11(5-17(24)27-18(12)10(9)2)8-23-19(25)13-6-15(21)16(22)7-14(13)20(23)26/h3-7H,8H2,1-2H3. The highest BCUT2D eigenvalue weighted by atomic mass is 35.5. The number of imide groups is 1. The zero-order valence-corrected chi connectivity index (χ0v) is 15.9. The van der Waals surface area contributed by atoms with Crippen molar-refractivity contribution in [3.63, 3.8) is 0 Å². The molecule has 0 atom stereocenters. The van der Waals surface area contributed by atoms with Crippen molar-refractivity contribution >= 4 is 46.0 Å². The van der Waals surface area contributed by atoms with Crippen LogP contribution in [-0.2, 0) is 6.54 Å².